The van der Waals surface area contributed by atoms with Crippen LogP contribution in [0.5, 0.6) is 11.5 Å². The van der Waals surface area contributed by atoms with Crippen molar-refractivity contribution in [2.24, 2.45) is 0 Å². The van der Waals surface area contributed by atoms with Gasteiger partial charge in [-0.15, -0.1) is 0 Å². The summed E-state index contributed by atoms with van der Waals surface area (Å²) in [5.74, 6) is -0.274. The molecular formula is C18H16BrN3O4. The Morgan fingerprint density at radius 2 is 1.96 bits per heavy atom. The van der Waals surface area contributed by atoms with Crippen LogP contribution in [0.4, 0.5) is 0 Å². The number of nitrogens with zero attached hydrogens (tertiary/aromatic N) is 1. The highest BCUT2D eigenvalue weighted by atomic mass is 79.9. The van der Waals surface area contributed by atoms with E-state index in [9.17, 15) is 9.59 Å². The lowest BCUT2D eigenvalue weighted by Crippen LogP contribution is -2.48. The average molecular weight is 418 g/mol. The number of rotatable bonds is 6. The van der Waals surface area contributed by atoms with Crippen LogP contribution in [-0.2, 0) is 9.59 Å². The van der Waals surface area contributed by atoms with E-state index in [2.05, 4.69) is 26.8 Å². The van der Waals surface area contributed by atoms with Crippen molar-refractivity contribution in [1.29, 1.82) is 5.26 Å². The molecule has 8 heteroatoms. The Bertz CT molecular complexity index is 835. The zero-order valence-corrected chi connectivity index (χ0v) is 15.4. The van der Waals surface area contributed by atoms with Gasteiger partial charge >= 0.3 is 0 Å². The van der Waals surface area contributed by atoms with Crippen LogP contribution in [0.25, 0.3) is 0 Å². The van der Waals surface area contributed by atoms with Crippen LogP contribution in [0.15, 0.2) is 53.0 Å². The van der Waals surface area contributed by atoms with E-state index < -0.39 is 17.9 Å². The molecule has 7 nitrogen and oxygen atoms in total. The first-order valence-electron chi connectivity index (χ1n) is 7.62. The molecule has 0 bridgehead atoms. The van der Waals surface area contributed by atoms with Gasteiger partial charge in [-0.25, -0.2) is 0 Å². The normalized spacial score (nSPS) is 11.0. The standard InChI is InChI=1S/C18H16BrN3O4/c1-12(26-15-7-4-6-14(19)9-15)18(24)22-21-17(23)11-25-16-8-3-2-5-13(16)10-20/h2-9,12H,11H2,1H3,(H,21,23)(H,22,24). The highest BCUT2D eigenvalue weighted by Gasteiger charge is 2.16. The lowest BCUT2D eigenvalue weighted by molar-refractivity contribution is -0.133. The summed E-state index contributed by atoms with van der Waals surface area (Å²) in [6.07, 6.45) is -0.815. The van der Waals surface area contributed by atoms with Gasteiger partial charge in [0.2, 0.25) is 0 Å². The zero-order valence-electron chi connectivity index (χ0n) is 13.9. The summed E-state index contributed by atoms with van der Waals surface area (Å²) >= 11 is 3.31. The minimum Gasteiger partial charge on any atom is -0.482 e. The van der Waals surface area contributed by atoms with E-state index in [1.807, 2.05) is 12.1 Å². The number of hydrogen-bond donors (Lipinski definition) is 2. The Morgan fingerprint density at radius 3 is 2.69 bits per heavy atom. The quantitative estimate of drug-likeness (QED) is 0.702. The summed E-state index contributed by atoms with van der Waals surface area (Å²) < 4.78 is 11.6. The van der Waals surface area contributed by atoms with Gasteiger partial charge in [-0.1, -0.05) is 34.1 Å². The van der Waals surface area contributed by atoms with Gasteiger partial charge < -0.3 is 9.47 Å². The molecule has 0 heterocycles. The molecule has 2 amide bonds. The van der Waals surface area contributed by atoms with E-state index >= 15 is 0 Å². The maximum absolute atomic E-state index is 12.0. The molecule has 26 heavy (non-hydrogen) atoms. The van der Waals surface area contributed by atoms with Gasteiger partial charge in [-0.2, -0.15) is 5.26 Å². The highest BCUT2D eigenvalue weighted by Crippen LogP contribution is 2.19. The van der Waals surface area contributed by atoms with E-state index in [1.54, 1.807) is 49.4 Å². The second-order valence-corrected chi connectivity index (χ2v) is 6.07. The molecule has 0 saturated carbocycles. The highest BCUT2D eigenvalue weighted by molar-refractivity contribution is 9.10. The number of hydrogen-bond acceptors (Lipinski definition) is 5. The van der Waals surface area contributed by atoms with Crippen molar-refractivity contribution in [3.63, 3.8) is 0 Å². The Labute approximate surface area is 159 Å². The molecule has 1 unspecified atom stereocenters. The Balaban J connectivity index is 1.77. The molecule has 2 rings (SSSR count). The monoisotopic (exact) mass is 417 g/mol. The van der Waals surface area contributed by atoms with Crippen LogP contribution >= 0.6 is 15.9 Å². The molecule has 0 aliphatic rings. The molecule has 0 fully saturated rings. The second-order valence-electron chi connectivity index (χ2n) is 5.15. The third-order valence-corrected chi connectivity index (χ3v) is 3.66. The number of benzene rings is 2. The summed E-state index contributed by atoms with van der Waals surface area (Å²) in [5.41, 5.74) is 4.81. The van der Waals surface area contributed by atoms with Gasteiger partial charge in [-0.05, 0) is 37.3 Å². The predicted molar refractivity (Wildman–Crippen MR) is 97.2 cm³/mol. The predicted octanol–water partition coefficient (Wildman–Crippen LogP) is 2.31. The van der Waals surface area contributed by atoms with Crippen LogP contribution in [0.2, 0.25) is 0 Å². The van der Waals surface area contributed by atoms with Crippen LogP contribution in [0.1, 0.15) is 12.5 Å². The number of amides is 2. The number of nitrogens with one attached hydrogen (secondary N) is 2. The molecule has 0 spiro atoms. The van der Waals surface area contributed by atoms with Crippen molar-refractivity contribution >= 4 is 27.7 Å². The smallest absolute Gasteiger partial charge is 0.279 e. The average Bonchev–Trinajstić information content (AvgIpc) is 2.64. The van der Waals surface area contributed by atoms with Crippen LogP contribution in [-0.4, -0.2) is 24.5 Å². The van der Waals surface area contributed by atoms with Gasteiger partial charge in [0, 0.05) is 4.47 Å². The Hall–Kier alpha value is -3.05. The SMILES string of the molecule is CC(Oc1cccc(Br)c1)C(=O)NNC(=O)COc1ccccc1C#N. The third-order valence-electron chi connectivity index (χ3n) is 3.17. The molecule has 0 aliphatic heterocycles. The molecule has 0 radical (unpaired) electrons. The Morgan fingerprint density at radius 1 is 1.19 bits per heavy atom. The van der Waals surface area contributed by atoms with Crippen molar-refractivity contribution in [1.82, 2.24) is 10.9 Å². The fourth-order valence-electron chi connectivity index (χ4n) is 1.90. The molecular weight excluding hydrogens is 402 g/mol. The van der Waals surface area contributed by atoms with Gasteiger partial charge in [0.05, 0.1) is 5.56 Å². The van der Waals surface area contributed by atoms with Crippen molar-refractivity contribution in [2.75, 3.05) is 6.61 Å². The number of halogens is 1. The molecule has 2 N–H and O–H groups in total. The van der Waals surface area contributed by atoms with Gasteiger partial charge in [0.15, 0.2) is 12.7 Å². The molecule has 2 aromatic rings. The second kappa shape index (κ2) is 9.44. The van der Waals surface area contributed by atoms with Crippen molar-refractivity contribution in [3.05, 3.63) is 58.6 Å². The Kier molecular flexibility index (Phi) is 7.00. The summed E-state index contributed by atoms with van der Waals surface area (Å²) in [5, 5.41) is 8.95. The van der Waals surface area contributed by atoms with Crippen molar-refractivity contribution < 1.29 is 19.1 Å². The van der Waals surface area contributed by atoms with Crippen molar-refractivity contribution in [2.45, 2.75) is 13.0 Å². The number of ether oxygens (including phenoxy) is 2. The number of nitriles is 1. The first-order valence-corrected chi connectivity index (χ1v) is 8.41. The number of carbonyl (C=O) groups excluding carboxylic acids is 2. The van der Waals surface area contributed by atoms with E-state index in [-0.39, 0.29) is 6.61 Å². The number of hydrazine groups is 1. The summed E-state index contributed by atoms with van der Waals surface area (Å²) in [4.78, 5) is 23.7. The zero-order chi connectivity index (χ0) is 18.9. The first kappa shape index (κ1) is 19.3. The minimum absolute atomic E-state index is 0.294. The summed E-state index contributed by atoms with van der Waals surface area (Å²) in [6.45, 7) is 1.21. The number of carbonyl (C=O) groups is 2. The van der Waals surface area contributed by atoms with Gasteiger partial charge in [-0.3, -0.25) is 20.4 Å². The molecule has 0 saturated heterocycles. The van der Waals surface area contributed by atoms with E-state index in [4.69, 9.17) is 14.7 Å². The molecule has 1 atom stereocenters. The molecule has 0 aromatic heterocycles. The maximum atomic E-state index is 12.0. The van der Waals surface area contributed by atoms with Crippen LogP contribution in [0.3, 0.4) is 0 Å². The molecule has 2 aromatic carbocycles. The maximum Gasteiger partial charge on any atom is 0.279 e. The number of para-hydroxylation sites is 1. The van der Waals surface area contributed by atoms with Crippen molar-refractivity contribution in [3.8, 4) is 17.6 Å². The topological polar surface area (TPSA) is 100 Å². The van der Waals surface area contributed by atoms with E-state index in [0.29, 0.717) is 17.1 Å². The fraction of sp³-hybridized carbons (Fsp3) is 0.167. The lowest BCUT2D eigenvalue weighted by Gasteiger charge is -2.15. The molecule has 134 valence electrons. The van der Waals surface area contributed by atoms with Gasteiger partial charge in [0.25, 0.3) is 11.8 Å². The summed E-state index contributed by atoms with van der Waals surface area (Å²) in [7, 11) is 0. The fourth-order valence-corrected chi connectivity index (χ4v) is 2.27. The van der Waals surface area contributed by atoms with Crippen LogP contribution < -0.4 is 20.3 Å². The summed E-state index contributed by atoms with van der Waals surface area (Å²) in [6, 6.07) is 15.6. The van der Waals surface area contributed by atoms with Gasteiger partial charge in [0.1, 0.15) is 17.6 Å². The van der Waals surface area contributed by atoms with E-state index in [1.165, 1.54) is 0 Å². The third kappa shape index (κ3) is 5.79. The largest absolute Gasteiger partial charge is 0.482 e. The van der Waals surface area contributed by atoms with E-state index in [0.717, 1.165) is 4.47 Å². The minimum atomic E-state index is -0.815. The lowest BCUT2D eigenvalue weighted by atomic mass is 10.2. The molecule has 0 aliphatic carbocycles. The van der Waals surface area contributed by atoms with Crippen LogP contribution in [0, 0.1) is 11.3 Å². The first-order chi connectivity index (χ1) is 12.5.